The summed E-state index contributed by atoms with van der Waals surface area (Å²) in [5.74, 6) is 0.625. The summed E-state index contributed by atoms with van der Waals surface area (Å²) in [6.45, 7) is 7.48. The van der Waals surface area contributed by atoms with Crippen molar-refractivity contribution in [3.05, 3.63) is 40.5 Å². The number of nitrogens with one attached hydrogen (secondary N) is 3. The molecule has 0 aliphatic heterocycles. The largest absolute Gasteiger partial charge is 0.444 e. The van der Waals surface area contributed by atoms with Gasteiger partial charge in [-0.05, 0) is 58.2 Å². The van der Waals surface area contributed by atoms with Gasteiger partial charge in [0, 0.05) is 11.7 Å². The molecule has 2 aromatic rings. The van der Waals surface area contributed by atoms with Crippen LogP contribution in [0.3, 0.4) is 0 Å². The Bertz CT molecular complexity index is 1010. The summed E-state index contributed by atoms with van der Waals surface area (Å²) < 4.78 is 5.41. The number of carbonyl (C=O) groups is 1. The lowest BCUT2D eigenvalue weighted by atomic mass is 9.90. The fraction of sp³-hybridized carbons (Fsp3) is 0.478. The van der Waals surface area contributed by atoms with Crippen LogP contribution in [0.15, 0.2) is 24.3 Å². The highest BCUT2D eigenvalue weighted by Gasteiger charge is 2.29. The van der Waals surface area contributed by atoms with Gasteiger partial charge in [-0.2, -0.15) is 15.2 Å². The molecule has 170 valence electrons. The van der Waals surface area contributed by atoms with E-state index in [2.05, 4.69) is 32.0 Å². The molecule has 1 heterocycles. The summed E-state index contributed by atoms with van der Waals surface area (Å²) in [7, 11) is 0. The van der Waals surface area contributed by atoms with Crippen molar-refractivity contribution in [1.29, 1.82) is 5.26 Å². The van der Waals surface area contributed by atoms with Crippen LogP contribution in [0.5, 0.6) is 0 Å². The third-order valence-corrected chi connectivity index (χ3v) is 5.31. The molecule has 0 spiro atoms. The summed E-state index contributed by atoms with van der Waals surface area (Å²) in [6.07, 6.45) is 3.23. The second kappa shape index (κ2) is 10.0. The average Bonchev–Trinajstić information content (AvgIpc) is 2.68. The molecule has 2 unspecified atom stereocenters. The van der Waals surface area contributed by atoms with Crippen LogP contribution < -0.4 is 16.0 Å². The fourth-order valence-corrected chi connectivity index (χ4v) is 3.86. The Labute approximate surface area is 193 Å². The van der Waals surface area contributed by atoms with Gasteiger partial charge < -0.3 is 20.7 Å². The normalized spacial score (nSPS) is 18.4. The number of nitriles is 1. The zero-order valence-electron chi connectivity index (χ0n) is 18.8. The van der Waals surface area contributed by atoms with Gasteiger partial charge in [0.05, 0.1) is 6.04 Å². The highest BCUT2D eigenvalue weighted by atomic mass is 35.5. The number of nitrogens with zero attached hydrogens (tertiary/aromatic N) is 3. The maximum Gasteiger partial charge on any atom is 0.407 e. The third kappa shape index (κ3) is 6.47. The summed E-state index contributed by atoms with van der Waals surface area (Å²) in [5, 5.41) is 19.0. The molecule has 0 bridgehead atoms. The number of rotatable bonds is 5. The first-order chi connectivity index (χ1) is 15.1. The molecule has 32 heavy (non-hydrogen) atoms. The van der Waals surface area contributed by atoms with Crippen LogP contribution in [0.2, 0.25) is 5.15 Å². The van der Waals surface area contributed by atoms with E-state index in [4.69, 9.17) is 16.3 Å². The number of carbonyl (C=O) groups excluding carboxylic acids is 1. The zero-order chi connectivity index (χ0) is 23.3. The van der Waals surface area contributed by atoms with Gasteiger partial charge in [0.2, 0.25) is 5.95 Å². The van der Waals surface area contributed by atoms with E-state index >= 15 is 0 Å². The van der Waals surface area contributed by atoms with Crippen molar-refractivity contribution >= 4 is 35.1 Å². The van der Waals surface area contributed by atoms with Crippen LogP contribution in [0.4, 0.5) is 22.2 Å². The zero-order valence-corrected chi connectivity index (χ0v) is 19.6. The summed E-state index contributed by atoms with van der Waals surface area (Å²) in [5.41, 5.74) is 1.47. The van der Waals surface area contributed by atoms with Gasteiger partial charge in [-0.1, -0.05) is 36.6 Å². The second-order valence-corrected chi connectivity index (χ2v) is 9.31. The number of halogens is 1. The number of ether oxygens (including phenoxy) is 1. The van der Waals surface area contributed by atoms with Crippen molar-refractivity contribution < 1.29 is 9.53 Å². The Morgan fingerprint density at radius 1 is 1.22 bits per heavy atom. The Morgan fingerprint density at radius 2 is 1.94 bits per heavy atom. The molecule has 1 aromatic heterocycles. The number of alkyl carbamates (subject to hydrolysis) is 1. The van der Waals surface area contributed by atoms with Gasteiger partial charge in [-0.25, -0.2) is 4.79 Å². The number of hydrogen-bond donors (Lipinski definition) is 3. The first kappa shape index (κ1) is 23.6. The molecule has 1 aliphatic rings. The molecule has 1 aromatic carbocycles. The van der Waals surface area contributed by atoms with E-state index in [9.17, 15) is 10.1 Å². The van der Waals surface area contributed by atoms with Crippen molar-refractivity contribution in [3.8, 4) is 6.07 Å². The van der Waals surface area contributed by atoms with Crippen molar-refractivity contribution in [3.63, 3.8) is 0 Å². The first-order valence-electron chi connectivity index (χ1n) is 10.7. The van der Waals surface area contributed by atoms with Crippen molar-refractivity contribution in [2.24, 2.45) is 0 Å². The van der Waals surface area contributed by atoms with E-state index in [0.29, 0.717) is 11.8 Å². The van der Waals surface area contributed by atoms with Crippen molar-refractivity contribution in [2.75, 3.05) is 10.6 Å². The molecular formula is C23H29ClN6O2. The second-order valence-electron chi connectivity index (χ2n) is 8.96. The first-order valence-corrected chi connectivity index (χ1v) is 11.1. The molecule has 1 aliphatic carbocycles. The Morgan fingerprint density at radius 3 is 2.59 bits per heavy atom. The monoisotopic (exact) mass is 456 g/mol. The quantitative estimate of drug-likeness (QED) is 0.523. The van der Waals surface area contributed by atoms with Crippen LogP contribution >= 0.6 is 11.6 Å². The van der Waals surface area contributed by atoms with Gasteiger partial charge in [-0.15, -0.1) is 0 Å². The number of hydrogen-bond acceptors (Lipinski definition) is 7. The summed E-state index contributed by atoms with van der Waals surface area (Å²) in [4.78, 5) is 21.1. The SMILES string of the molecule is Cc1cccc(Nc2nc(NC3CCCCC3NC(=O)OC(C)(C)C)nc(Cl)c2C#N)c1. The smallest absolute Gasteiger partial charge is 0.407 e. The lowest BCUT2D eigenvalue weighted by molar-refractivity contribution is 0.0488. The molecule has 1 fully saturated rings. The van der Waals surface area contributed by atoms with Crippen LogP contribution in [0.25, 0.3) is 0 Å². The van der Waals surface area contributed by atoms with Crippen molar-refractivity contribution in [1.82, 2.24) is 15.3 Å². The average molecular weight is 457 g/mol. The molecular weight excluding hydrogens is 428 g/mol. The van der Waals surface area contributed by atoms with Gasteiger partial charge in [0.15, 0.2) is 11.0 Å². The number of aromatic nitrogens is 2. The Balaban J connectivity index is 1.79. The summed E-state index contributed by atoms with van der Waals surface area (Å²) >= 11 is 6.30. The number of amides is 1. The van der Waals surface area contributed by atoms with E-state index in [1.54, 1.807) is 0 Å². The van der Waals surface area contributed by atoms with Gasteiger partial charge in [0.1, 0.15) is 17.2 Å². The molecule has 8 nitrogen and oxygen atoms in total. The van der Waals surface area contributed by atoms with Gasteiger partial charge in [-0.3, -0.25) is 0 Å². The van der Waals surface area contributed by atoms with Crippen LogP contribution in [-0.2, 0) is 4.74 Å². The van der Waals surface area contributed by atoms with E-state index in [1.807, 2.05) is 52.0 Å². The molecule has 0 saturated heterocycles. The minimum Gasteiger partial charge on any atom is -0.444 e. The predicted molar refractivity (Wildman–Crippen MR) is 125 cm³/mol. The number of anilines is 3. The van der Waals surface area contributed by atoms with E-state index < -0.39 is 11.7 Å². The molecule has 0 radical (unpaired) electrons. The molecule has 3 rings (SSSR count). The minimum absolute atomic E-state index is 0.0626. The lowest BCUT2D eigenvalue weighted by Gasteiger charge is -2.33. The highest BCUT2D eigenvalue weighted by molar-refractivity contribution is 6.31. The van der Waals surface area contributed by atoms with Crippen LogP contribution in [0.1, 0.15) is 57.6 Å². The maximum atomic E-state index is 12.3. The maximum absolute atomic E-state index is 12.3. The summed E-state index contributed by atoms with van der Waals surface area (Å²) in [6, 6.07) is 9.58. The molecule has 3 N–H and O–H groups in total. The third-order valence-electron chi connectivity index (χ3n) is 5.04. The topological polar surface area (TPSA) is 112 Å². The Kier molecular flexibility index (Phi) is 7.41. The number of aryl methyl sites for hydroxylation is 1. The van der Waals surface area contributed by atoms with E-state index in [0.717, 1.165) is 36.9 Å². The Hall–Kier alpha value is -3.05. The van der Waals surface area contributed by atoms with E-state index in [1.165, 1.54) is 0 Å². The molecule has 9 heteroatoms. The molecule has 1 amide bonds. The van der Waals surface area contributed by atoms with Crippen LogP contribution in [-0.4, -0.2) is 33.7 Å². The minimum atomic E-state index is -0.568. The van der Waals surface area contributed by atoms with Crippen molar-refractivity contribution in [2.45, 2.75) is 71.1 Å². The lowest BCUT2D eigenvalue weighted by Crippen LogP contribution is -2.50. The fourth-order valence-electron chi connectivity index (χ4n) is 3.65. The standard InChI is InChI=1S/C23H29ClN6O2/c1-14-8-7-9-15(12-14)26-20-16(13-25)19(24)29-21(30-20)27-17-10-5-6-11-18(17)28-22(31)32-23(2,3)4/h7-9,12,17-18H,5-6,10-11H2,1-4H3,(H,28,31)(H2,26,27,29,30). The number of benzene rings is 1. The highest BCUT2D eigenvalue weighted by Crippen LogP contribution is 2.28. The van der Waals surface area contributed by atoms with Gasteiger partial charge >= 0.3 is 6.09 Å². The van der Waals surface area contributed by atoms with E-state index in [-0.39, 0.29) is 22.8 Å². The molecule has 1 saturated carbocycles. The molecule has 2 atom stereocenters. The van der Waals surface area contributed by atoms with Crippen LogP contribution in [0, 0.1) is 18.3 Å². The van der Waals surface area contributed by atoms with Gasteiger partial charge in [0.25, 0.3) is 0 Å². The predicted octanol–water partition coefficient (Wildman–Crippen LogP) is 5.30.